The summed E-state index contributed by atoms with van der Waals surface area (Å²) < 4.78 is 0. The number of benzene rings is 1. The molecule has 0 amide bonds. The van der Waals surface area contributed by atoms with Gasteiger partial charge in [-0.05, 0) is 5.56 Å². The van der Waals surface area contributed by atoms with Crippen LogP contribution in [0.3, 0.4) is 0 Å². The van der Waals surface area contributed by atoms with Crippen molar-refractivity contribution in [2.24, 2.45) is 0 Å². The van der Waals surface area contributed by atoms with Gasteiger partial charge in [0.1, 0.15) is 0 Å². The molecule has 0 saturated heterocycles. The van der Waals surface area contributed by atoms with Crippen LogP contribution in [0.2, 0.25) is 0 Å². The topological polar surface area (TPSA) is 20.2 Å². The van der Waals surface area contributed by atoms with E-state index in [-0.39, 0.29) is 51.4 Å². The molecule has 0 fully saturated rings. The van der Waals surface area contributed by atoms with Crippen molar-refractivity contribution in [1.82, 2.24) is 0 Å². The second kappa shape index (κ2) is 11.1. The third-order valence-electron chi connectivity index (χ3n) is 1.04. The summed E-state index contributed by atoms with van der Waals surface area (Å²) in [6.07, 6.45) is 2.58. The predicted molar refractivity (Wildman–Crippen MR) is 56.5 cm³/mol. The Bertz CT molecular complexity index is 206. The summed E-state index contributed by atoms with van der Waals surface area (Å²) in [5.74, 6) is 0. The van der Waals surface area contributed by atoms with E-state index in [1.54, 1.807) is 0 Å². The fourth-order valence-electron chi connectivity index (χ4n) is 0.589. The van der Waals surface area contributed by atoms with Crippen LogP contribution >= 0.6 is 0 Å². The Morgan fingerprint density at radius 1 is 1.08 bits per heavy atom. The normalized spacial score (nSPS) is 6.67. The molecular weight excluding hydrogens is 175 g/mol. The van der Waals surface area contributed by atoms with E-state index >= 15 is 0 Å². The maximum atomic E-state index is 7.33. The minimum atomic E-state index is 0. The summed E-state index contributed by atoms with van der Waals surface area (Å²) in [5, 5.41) is 7.33. The molecular formula is C10H13KO. The van der Waals surface area contributed by atoms with Gasteiger partial charge in [-0.25, -0.2) is 0 Å². The van der Waals surface area contributed by atoms with Crippen LogP contribution in [-0.4, -0.2) is 56.5 Å². The van der Waals surface area contributed by atoms with Gasteiger partial charge < -0.3 is 5.11 Å². The van der Waals surface area contributed by atoms with Crippen LogP contribution < -0.4 is 0 Å². The molecule has 1 aromatic rings. The summed E-state index contributed by atoms with van der Waals surface area (Å²) >= 11 is 0. The van der Waals surface area contributed by atoms with E-state index in [9.17, 15) is 0 Å². The molecule has 0 spiro atoms. The number of hydrogen-bond acceptors (Lipinski definition) is 1. The summed E-state index contributed by atoms with van der Waals surface area (Å²) in [7, 11) is 0. The number of hydrogen-bond donors (Lipinski definition) is 1. The molecule has 0 aliphatic heterocycles. The van der Waals surface area contributed by atoms with Gasteiger partial charge in [-0.3, -0.25) is 0 Å². The Balaban J connectivity index is 0. The standard InChI is InChI=1S/C8H8.C2H4O.K.H/c1-2-8-6-4-3-5-7-8;1-2-3;;/h2-7H,1H2;2-3H,1H2;;. The van der Waals surface area contributed by atoms with E-state index in [0.29, 0.717) is 0 Å². The Kier molecular flexibility index (Phi) is 13.6. The Morgan fingerprint density at radius 3 is 1.75 bits per heavy atom. The zero-order chi connectivity index (χ0) is 8.53. The first-order chi connectivity index (χ1) is 5.35. The van der Waals surface area contributed by atoms with E-state index in [1.807, 2.05) is 36.4 Å². The average Bonchev–Trinajstić information content (AvgIpc) is 2.08. The van der Waals surface area contributed by atoms with Crippen LogP contribution in [0.1, 0.15) is 5.56 Å². The van der Waals surface area contributed by atoms with Crippen molar-refractivity contribution in [2.75, 3.05) is 0 Å². The number of aliphatic hydroxyl groups excluding tert-OH is 1. The first kappa shape index (κ1) is 14.6. The first-order valence-electron chi connectivity index (χ1n) is 3.27. The van der Waals surface area contributed by atoms with Gasteiger partial charge in [-0.15, -0.1) is 0 Å². The third kappa shape index (κ3) is 8.24. The summed E-state index contributed by atoms with van der Waals surface area (Å²) in [6.45, 7) is 6.55. The zero-order valence-electron chi connectivity index (χ0n) is 6.40. The summed E-state index contributed by atoms with van der Waals surface area (Å²) in [5.41, 5.74) is 1.17. The molecule has 1 aromatic carbocycles. The van der Waals surface area contributed by atoms with Gasteiger partial charge in [-0.1, -0.05) is 49.6 Å². The van der Waals surface area contributed by atoms with Crippen molar-refractivity contribution in [3.8, 4) is 0 Å². The molecule has 0 unspecified atom stereocenters. The summed E-state index contributed by atoms with van der Waals surface area (Å²) in [4.78, 5) is 0. The Morgan fingerprint density at radius 2 is 1.50 bits per heavy atom. The van der Waals surface area contributed by atoms with Crippen LogP contribution in [0.15, 0.2) is 49.8 Å². The van der Waals surface area contributed by atoms with Gasteiger partial charge in [0.05, 0.1) is 6.26 Å². The van der Waals surface area contributed by atoms with Gasteiger partial charge in [0, 0.05) is 0 Å². The van der Waals surface area contributed by atoms with Gasteiger partial charge in [0.2, 0.25) is 0 Å². The monoisotopic (exact) mass is 188 g/mol. The molecule has 0 aliphatic rings. The van der Waals surface area contributed by atoms with E-state index in [0.717, 1.165) is 6.26 Å². The van der Waals surface area contributed by atoms with Crippen molar-refractivity contribution >= 4 is 57.5 Å². The fraction of sp³-hybridized carbons (Fsp3) is 0. The van der Waals surface area contributed by atoms with Gasteiger partial charge in [0.25, 0.3) is 0 Å². The molecule has 0 bridgehead atoms. The molecule has 0 aliphatic carbocycles. The van der Waals surface area contributed by atoms with Gasteiger partial charge in [-0.2, -0.15) is 0 Å². The Hall–Kier alpha value is 0.136. The van der Waals surface area contributed by atoms with Crippen molar-refractivity contribution in [3.05, 3.63) is 55.3 Å². The molecule has 60 valence electrons. The second-order valence-electron chi connectivity index (χ2n) is 1.80. The molecule has 12 heavy (non-hydrogen) atoms. The molecule has 1 rings (SSSR count). The van der Waals surface area contributed by atoms with Crippen molar-refractivity contribution in [3.63, 3.8) is 0 Å². The van der Waals surface area contributed by atoms with Gasteiger partial charge in [0.15, 0.2) is 0 Å². The molecule has 1 N–H and O–H groups in total. The van der Waals surface area contributed by atoms with Crippen LogP contribution in [0.25, 0.3) is 6.08 Å². The third-order valence-corrected chi connectivity index (χ3v) is 1.04. The van der Waals surface area contributed by atoms with E-state index in [1.165, 1.54) is 5.56 Å². The minimum absolute atomic E-state index is 0. The van der Waals surface area contributed by atoms with Crippen LogP contribution in [0, 0.1) is 0 Å². The average molecular weight is 188 g/mol. The zero-order valence-corrected chi connectivity index (χ0v) is 6.40. The van der Waals surface area contributed by atoms with E-state index in [2.05, 4.69) is 13.2 Å². The molecule has 0 radical (unpaired) electrons. The van der Waals surface area contributed by atoms with E-state index in [4.69, 9.17) is 5.11 Å². The van der Waals surface area contributed by atoms with Crippen LogP contribution in [0.5, 0.6) is 0 Å². The molecule has 2 heteroatoms. The maximum absolute atomic E-state index is 7.33. The molecule has 0 saturated carbocycles. The number of aliphatic hydroxyl groups is 1. The van der Waals surface area contributed by atoms with E-state index < -0.39 is 0 Å². The van der Waals surface area contributed by atoms with Crippen molar-refractivity contribution in [2.45, 2.75) is 0 Å². The SMILES string of the molecule is C=CO.C=Cc1ccccc1.[KH]. The summed E-state index contributed by atoms with van der Waals surface area (Å²) in [6, 6.07) is 10.0. The molecule has 0 aromatic heterocycles. The predicted octanol–water partition coefficient (Wildman–Crippen LogP) is 2.37. The second-order valence-corrected chi connectivity index (χ2v) is 1.80. The molecule has 0 atom stereocenters. The quantitative estimate of drug-likeness (QED) is 0.530. The first-order valence-corrected chi connectivity index (χ1v) is 3.27. The van der Waals surface area contributed by atoms with Crippen molar-refractivity contribution in [1.29, 1.82) is 0 Å². The Labute approximate surface area is 116 Å². The van der Waals surface area contributed by atoms with Gasteiger partial charge >= 0.3 is 51.4 Å². The molecule has 0 heterocycles. The molecule has 1 nitrogen and oxygen atoms in total. The van der Waals surface area contributed by atoms with Crippen molar-refractivity contribution < 1.29 is 5.11 Å². The van der Waals surface area contributed by atoms with Crippen LogP contribution in [-0.2, 0) is 0 Å². The fourth-order valence-corrected chi connectivity index (χ4v) is 0.589. The van der Waals surface area contributed by atoms with Crippen LogP contribution in [0.4, 0.5) is 0 Å². The number of rotatable bonds is 1.